The number of halogens is 2. The molecule has 0 saturated heterocycles. The molecule has 0 aliphatic rings. The lowest BCUT2D eigenvalue weighted by Gasteiger charge is -2.28. The van der Waals surface area contributed by atoms with E-state index in [9.17, 15) is 4.79 Å². The van der Waals surface area contributed by atoms with Gasteiger partial charge >= 0.3 is 0 Å². The van der Waals surface area contributed by atoms with Gasteiger partial charge in [-0.1, -0.05) is 6.92 Å². The Kier molecular flexibility index (Phi) is 4.87. The number of hydrogen-bond acceptors (Lipinski definition) is 2. The van der Waals surface area contributed by atoms with Crippen LogP contribution in [0.1, 0.15) is 37.0 Å². The largest absolute Gasteiger partial charge is 0.457 e. The summed E-state index contributed by atoms with van der Waals surface area (Å²) in [6.07, 6.45) is 3.05. The van der Waals surface area contributed by atoms with Crippen LogP contribution in [0.3, 0.4) is 0 Å². The Bertz CT molecular complexity index is 367. The van der Waals surface area contributed by atoms with Gasteiger partial charge in [0.2, 0.25) is 0 Å². The van der Waals surface area contributed by atoms with Crippen molar-refractivity contribution in [2.75, 3.05) is 5.88 Å². The maximum Gasteiger partial charge on any atom is 0.256 e. The van der Waals surface area contributed by atoms with Crippen LogP contribution in [0.4, 0.5) is 0 Å². The molecule has 16 heavy (non-hydrogen) atoms. The molecule has 1 unspecified atom stereocenters. The van der Waals surface area contributed by atoms with E-state index >= 15 is 0 Å². The second kappa shape index (κ2) is 5.73. The number of furan rings is 1. The van der Waals surface area contributed by atoms with Gasteiger partial charge in [-0.2, -0.15) is 0 Å². The van der Waals surface area contributed by atoms with Crippen LogP contribution in [0.15, 0.2) is 21.4 Å². The number of alkyl halides is 1. The van der Waals surface area contributed by atoms with Gasteiger partial charge in [-0.3, -0.25) is 4.79 Å². The molecular formula is C11H15BrClNO2. The molecule has 0 aliphatic heterocycles. The van der Waals surface area contributed by atoms with Crippen molar-refractivity contribution in [1.29, 1.82) is 0 Å². The first-order valence-corrected chi connectivity index (χ1v) is 6.46. The van der Waals surface area contributed by atoms with E-state index in [0.717, 1.165) is 12.8 Å². The third-order valence-electron chi connectivity index (χ3n) is 2.70. The van der Waals surface area contributed by atoms with Gasteiger partial charge in [0.1, 0.15) is 0 Å². The molecular weight excluding hydrogens is 293 g/mol. The highest BCUT2D eigenvalue weighted by Crippen LogP contribution is 2.20. The number of amides is 1. The quantitative estimate of drug-likeness (QED) is 0.845. The van der Waals surface area contributed by atoms with Crippen molar-refractivity contribution in [3.05, 3.63) is 22.6 Å². The number of carbonyl (C=O) groups is 1. The number of rotatable bonds is 5. The van der Waals surface area contributed by atoms with Crippen LogP contribution in [-0.4, -0.2) is 17.3 Å². The Morgan fingerprint density at radius 2 is 2.38 bits per heavy atom. The number of nitrogens with one attached hydrogen (secondary N) is 1. The SMILES string of the molecule is CCC(C)(CCCl)NC(=O)c1ccoc1Br. The molecule has 0 aliphatic carbocycles. The summed E-state index contributed by atoms with van der Waals surface area (Å²) in [6.45, 7) is 4.01. The third kappa shape index (κ3) is 3.25. The first-order chi connectivity index (χ1) is 7.52. The highest BCUT2D eigenvalue weighted by Gasteiger charge is 2.25. The molecule has 90 valence electrons. The molecule has 0 fully saturated rings. The molecule has 0 radical (unpaired) electrons. The molecule has 3 nitrogen and oxygen atoms in total. The zero-order valence-corrected chi connectivity index (χ0v) is 11.7. The van der Waals surface area contributed by atoms with Crippen molar-refractivity contribution in [2.45, 2.75) is 32.2 Å². The molecule has 0 spiro atoms. The van der Waals surface area contributed by atoms with Gasteiger partial charge in [-0.25, -0.2) is 0 Å². The fourth-order valence-electron chi connectivity index (χ4n) is 1.33. The Hall–Kier alpha value is -0.480. The lowest BCUT2D eigenvalue weighted by molar-refractivity contribution is 0.0900. The predicted octanol–water partition coefficient (Wildman–Crippen LogP) is 3.57. The Labute approximate surface area is 109 Å². The lowest BCUT2D eigenvalue weighted by Crippen LogP contribution is -2.45. The van der Waals surface area contributed by atoms with Crippen LogP contribution in [0.2, 0.25) is 0 Å². The minimum Gasteiger partial charge on any atom is -0.457 e. The predicted molar refractivity (Wildman–Crippen MR) is 67.9 cm³/mol. The highest BCUT2D eigenvalue weighted by atomic mass is 79.9. The molecule has 1 heterocycles. The smallest absolute Gasteiger partial charge is 0.256 e. The summed E-state index contributed by atoms with van der Waals surface area (Å²) >= 11 is 8.91. The van der Waals surface area contributed by atoms with E-state index in [1.807, 2.05) is 13.8 Å². The first kappa shape index (κ1) is 13.6. The van der Waals surface area contributed by atoms with E-state index in [-0.39, 0.29) is 11.4 Å². The zero-order valence-electron chi connectivity index (χ0n) is 9.35. The van der Waals surface area contributed by atoms with E-state index in [1.165, 1.54) is 6.26 Å². The van der Waals surface area contributed by atoms with E-state index < -0.39 is 0 Å². The average Bonchev–Trinajstić information content (AvgIpc) is 2.65. The van der Waals surface area contributed by atoms with Crippen molar-refractivity contribution < 1.29 is 9.21 Å². The molecule has 0 saturated carbocycles. The molecule has 1 aromatic heterocycles. The van der Waals surface area contributed by atoms with E-state index in [2.05, 4.69) is 21.2 Å². The van der Waals surface area contributed by atoms with Crippen LogP contribution >= 0.6 is 27.5 Å². The lowest BCUT2D eigenvalue weighted by atomic mass is 9.95. The topological polar surface area (TPSA) is 42.2 Å². The van der Waals surface area contributed by atoms with Crippen LogP contribution in [0.25, 0.3) is 0 Å². The van der Waals surface area contributed by atoms with Crippen molar-refractivity contribution in [3.63, 3.8) is 0 Å². The van der Waals surface area contributed by atoms with Crippen molar-refractivity contribution in [2.24, 2.45) is 0 Å². The normalized spacial score (nSPS) is 14.5. The second-order valence-corrected chi connectivity index (χ2v) is 5.01. The minimum atomic E-state index is -0.268. The van der Waals surface area contributed by atoms with Crippen molar-refractivity contribution >= 4 is 33.4 Å². The molecule has 1 rings (SSSR count). The molecule has 1 N–H and O–H groups in total. The van der Waals surface area contributed by atoms with E-state index in [1.54, 1.807) is 6.07 Å². The van der Waals surface area contributed by atoms with Gasteiger partial charge in [0.15, 0.2) is 4.67 Å². The number of carbonyl (C=O) groups excluding carboxylic acids is 1. The molecule has 1 atom stereocenters. The summed E-state index contributed by atoms with van der Waals surface area (Å²) in [5.41, 5.74) is 0.240. The maximum absolute atomic E-state index is 11.9. The zero-order chi connectivity index (χ0) is 12.2. The van der Waals surface area contributed by atoms with Crippen molar-refractivity contribution in [1.82, 2.24) is 5.32 Å². The Balaban J connectivity index is 2.73. The van der Waals surface area contributed by atoms with Crippen LogP contribution < -0.4 is 5.32 Å². The van der Waals surface area contributed by atoms with E-state index in [0.29, 0.717) is 16.1 Å². The fourth-order valence-corrected chi connectivity index (χ4v) is 2.17. The van der Waals surface area contributed by atoms with Gasteiger partial charge in [0.05, 0.1) is 11.8 Å². The van der Waals surface area contributed by atoms with Crippen LogP contribution in [-0.2, 0) is 0 Å². The fraction of sp³-hybridized carbons (Fsp3) is 0.545. The highest BCUT2D eigenvalue weighted by molar-refractivity contribution is 9.10. The Morgan fingerprint density at radius 1 is 1.69 bits per heavy atom. The summed E-state index contributed by atoms with van der Waals surface area (Å²) in [5.74, 6) is 0.382. The van der Waals surface area contributed by atoms with Crippen molar-refractivity contribution in [3.8, 4) is 0 Å². The summed E-state index contributed by atoms with van der Waals surface area (Å²) in [5, 5.41) is 2.97. The summed E-state index contributed by atoms with van der Waals surface area (Å²) in [4.78, 5) is 11.9. The Morgan fingerprint density at radius 3 is 2.81 bits per heavy atom. The summed E-state index contributed by atoms with van der Waals surface area (Å²) in [7, 11) is 0. The summed E-state index contributed by atoms with van der Waals surface area (Å²) in [6, 6.07) is 1.64. The van der Waals surface area contributed by atoms with Gasteiger partial charge in [-0.05, 0) is 41.8 Å². The van der Waals surface area contributed by atoms with Crippen LogP contribution in [0.5, 0.6) is 0 Å². The third-order valence-corrected chi connectivity index (χ3v) is 3.51. The molecule has 5 heteroatoms. The van der Waals surface area contributed by atoms with Gasteiger partial charge in [0, 0.05) is 11.4 Å². The second-order valence-electron chi connectivity index (χ2n) is 3.92. The minimum absolute atomic E-state index is 0.143. The van der Waals surface area contributed by atoms with Gasteiger partial charge < -0.3 is 9.73 Å². The monoisotopic (exact) mass is 307 g/mol. The van der Waals surface area contributed by atoms with E-state index in [4.69, 9.17) is 16.0 Å². The maximum atomic E-state index is 11.9. The first-order valence-electron chi connectivity index (χ1n) is 5.14. The molecule has 1 amide bonds. The molecule has 0 aromatic carbocycles. The van der Waals surface area contributed by atoms with Gasteiger partial charge in [0.25, 0.3) is 5.91 Å². The molecule has 1 aromatic rings. The summed E-state index contributed by atoms with van der Waals surface area (Å²) < 4.78 is 5.48. The average molecular weight is 309 g/mol. The molecule has 0 bridgehead atoms. The van der Waals surface area contributed by atoms with Gasteiger partial charge in [-0.15, -0.1) is 11.6 Å². The standard InChI is InChI=1S/C11H15BrClNO2/c1-3-11(2,5-6-13)14-10(15)8-4-7-16-9(8)12/h4,7H,3,5-6H2,1-2H3,(H,14,15). The number of hydrogen-bond donors (Lipinski definition) is 1. The van der Waals surface area contributed by atoms with Crippen LogP contribution in [0, 0.1) is 0 Å².